The molecule has 90 valence electrons. The first-order valence-electron chi connectivity index (χ1n) is 6.46. The van der Waals surface area contributed by atoms with Crippen LogP contribution in [-0.2, 0) is 4.79 Å². The maximum atomic E-state index is 11.3. The standard InChI is InChI=1S/C12H20N2O2/c15-12(16)11(9-3-4-9)14-7-6-13-5-1-2-10(13)8-14/h9-11H,1-8H2,(H,15,16). The minimum atomic E-state index is -0.603. The largest absolute Gasteiger partial charge is 0.480 e. The number of piperazine rings is 1. The number of nitrogens with zero attached hydrogens (tertiary/aromatic N) is 2. The summed E-state index contributed by atoms with van der Waals surface area (Å²) in [7, 11) is 0. The highest BCUT2D eigenvalue weighted by Gasteiger charge is 2.43. The van der Waals surface area contributed by atoms with Gasteiger partial charge in [0.15, 0.2) is 0 Å². The van der Waals surface area contributed by atoms with Gasteiger partial charge in [-0.2, -0.15) is 0 Å². The average molecular weight is 224 g/mol. The van der Waals surface area contributed by atoms with E-state index in [1.54, 1.807) is 0 Å². The van der Waals surface area contributed by atoms with Crippen molar-refractivity contribution in [3.05, 3.63) is 0 Å². The van der Waals surface area contributed by atoms with Gasteiger partial charge < -0.3 is 5.11 Å². The Hall–Kier alpha value is -0.610. The van der Waals surface area contributed by atoms with E-state index in [1.165, 1.54) is 19.4 Å². The van der Waals surface area contributed by atoms with E-state index in [4.69, 9.17) is 0 Å². The van der Waals surface area contributed by atoms with Crippen LogP contribution in [0.1, 0.15) is 25.7 Å². The molecular formula is C12H20N2O2. The Kier molecular flexibility index (Phi) is 2.64. The lowest BCUT2D eigenvalue weighted by atomic mass is 10.1. The fraction of sp³-hybridized carbons (Fsp3) is 0.917. The Morgan fingerprint density at radius 3 is 2.69 bits per heavy atom. The molecule has 2 heterocycles. The molecule has 0 aromatic carbocycles. The third-order valence-corrected chi connectivity index (χ3v) is 4.33. The predicted molar refractivity (Wildman–Crippen MR) is 60.3 cm³/mol. The second-order valence-electron chi connectivity index (χ2n) is 5.45. The summed E-state index contributed by atoms with van der Waals surface area (Å²) in [4.78, 5) is 16.1. The maximum Gasteiger partial charge on any atom is 0.321 e. The molecule has 3 fully saturated rings. The number of fused-ring (bicyclic) bond motifs is 1. The zero-order valence-electron chi connectivity index (χ0n) is 9.64. The summed E-state index contributed by atoms with van der Waals surface area (Å²) in [6.07, 6.45) is 4.77. The molecule has 1 saturated carbocycles. The van der Waals surface area contributed by atoms with Crippen molar-refractivity contribution >= 4 is 5.97 Å². The van der Waals surface area contributed by atoms with Gasteiger partial charge in [0.25, 0.3) is 0 Å². The first kappa shape index (κ1) is 10.5. The summed E-state index contributed by atoms with van der Waals surface area (Å²) in [6.45, 7) is 4.22. The monoisotopic (exact) mass is 224 g/mol. The molecule has 0 spiro atoms. The lowest BCUT2D eigenvalue weighted by Crippen LogP contribution is -2.56. The van der Waals surface area contributed by atoms with Crippen molar-refractivity contribution in [3.63, 3.8) is 0 Å². The summed E-state index contributed by atoms with van der Waals surface area (Å²) in [5.41, 5.74) is 0. The Labute approximate surface area is 96.2 Å². The first-order valence-corrected chi connectivity index (χ1v) is 6.46. The van der Waals surface area contributed by atoms with Crippen molar-refractivity contribution < 1.29 is 9.90 Å². The Morgan fingerprint density at radius 1 is 1.19 bits per heavy atom. The topological polar surface area (TPSA) is 43.8 Å². The van der Waals surface area contributed by atoms with Crippen LogP contribution in [0.15, 0.2) is 0 Å². The number of carboxylic acid groups (broad SMARTS) is 1. The third-order valence-electron chi connectivity index (χ3n) is 4.33. The number of carbonyl (C=O) groups is 1. The van der Waals surface area contributed by atoms with Crippen LogP contribution in [0.3, 0.4) is 0 Å². The van der Waals surface area contributed by atoms with Crippen LogP contribution in [0.2, 0.25) is 0 Å². The predicted octanol–water partition coefficient (Wildman–Crippen LogP) is 0.630. The van der Waals surface area contributed by atoms with Gasteiger partial charge in [-0.05, 0) is 38.1 Å². The lowest BCUT2D eigenvalue weighted by molar-refractivity contribution is -0.145. The zero-order chi connectivity index (χ0) is 11.1. The smallest absolute Gasteiger partial charge is 0.321 e. The fourth-order valence-electron chi connectivity index (χ4n) is 3.34. The van der Waals surface area contributed by atoms with E-state index in [0.717, 1.165) is 32.5 Å². The van der Waals surface area contributed by atoms with Crippen LogP contribution < -0.4 is 0 Å². The molecule has 0 aromatic rings. The molecule has 16 heavy (non-hydrogen) atoms. The molecular weight excluding hydrogens is 204 g/mol. The number of hydrogen-bond donors (Lipinski definition) is 1. The molecule has 3 rings (SSSR count). The molecule has 1 N–H and O–H groups in total. The van der Waals surface area contributed by atoms with Gasteiger partial charge in [0.1, 0.15) is 6.04 Å². The van der Waals surface area contributed by atoms with Crippen LogP contribution in [0.4, 0.5) is 0 Å². The highest BCUT2D eigenvalue weighted by molar-refractivity contribution is 5.74. The number of hydrogen-bond acceptors (Lipinski definition) is 3. The number of aliphatic carboxylic acids is 1. The first-order chi connectivity index (χ1) is 7.75. The highest BCUT2D eigenvalue weighted by atomic mass is 16.4. The Balaban J connectivity index is 1.67. The molecule has 2 atom stereocenters. The summed E-state index contributed by atoms with van der Waals surface area (Å²) in [6, 6.07) is 0.442. The molecule has 0 aromatic heterocycles. The van der Waals surface area contributed by atoms with Gasteiger partial charge >= 0.3 is 5.97 Å². The molecule has 2 saturated heterocycles. The third kappa shape index (κ3) is 1.84. The lowest BCUT2D eigenvalue weighted by Gasteiger charge is -2.40. The van der Waals surface area contributed by atoms with Gasteiger partial charge in [-0.1, -0.05) is 0 Å². The van der Waals surface area contributed by atoms with Crippen LogP contribution in [-0.4, -0.2) is 59.1 Å². The van der Waals surface area contributed by atoms with E-state index in [2.05, 4.69) is 9.80 Å². The molecule has 3 aliphatic rings. The summed E-state index contributed by atoms with van der Waals surface area (Å²) < 4.78 is 0. The van der Waals surface area contributed by atoms with Crippen LogP contribution in [0.25, 0.3) is 0 Å². The van der Waals surface area contributed by atoms with Crippen LogP contribution >= 0.6 is 0 Å². The van der Waals surface area contributed by atoms with Crippen molar-refractivity contribution in [2.45, 2.75) is 37.8 Å². The molecule has 2 unspecified atom stereocenters. The van der Waals surface area contributed by atoms with E-state index < -0.39 is 5.97 Å². The fourth-order valence-corrected chi connectivity index (χ4v) is 3.34. The van der Waals surface area contributed by atoms with Gasteiger partial charge in [0.2, 0.25) is 0 Å². The maximum absolute atomic E-state index is 11.3. The van der Waals surface area contributed by atoms with E-state index in [-0.39, 0.29) is 6.04 Å². The van der Waals surface area contributed by atoms with Gasteiger partial charge in [-0.15, -0.1) is 0 Å². The van der Waals surface area contributed by atoms with E-state index in [0.29, 0.717) is 12.0 Å². The molecule has 0 radical (unpaired) electrons. The quantitative estimate of drug-likeness (QED) is 0.763. The second kappa shape index (κ2) is 4.00. The van der Waals surface area contributed by atoms with E-state index in [1.807, 2.05) is 0 Å². The van der Waals surface area contributed by atoms with Crippen molar-refractivity contribution in [2.75, 3.05) is 26.2 Å². The van der Waals surface area contributed by atoms with Crippen molar-refractivity contribution in [1.82, 2.24) is 9.80 Å². The van der Waals surface area contributed by atoms with Crippen molar-refractivity contribution in [3.8, 4) is 0 Å². The average Bonchev–Trinajstić information content (AvgIpc) is 2.96. The van der Waals surface area contributed by atoms with Gasteiger partial charge in [-0.3, -0.25) is 14.6 Å². The second-order valence-corrected chi connectivity index (χ2v) is 5.45. The SMILES string of the molecule is O=C(O)C(C1CC1)N1CCN2CCCC2C1. The van der Waals surface area contributed by atoms with Gasteiger partial charge in [0.05, 0.1) is 0 Å². The summed E-state index contributed by atoms with van der Waals surface area (Å²) >= 11 is 0. The van der Waals surface area contributed by atoms with E-state index in [9.17, 15) is 9.90 Å². The minimum absolute atomic E-state index is 0.192. The number of rotatable bonds is 3. The molecule has 0 amide bonds. The number of carboxylic acids is 1. The zero-order valence-corrected chi connectivity index (χ0v) is 9.64. The summed E-state index contributed by atoms with van der Waals surface area (Å²) in [5.74, 6) is -0.167. The Bertz CT molecular complexity index is 291. The normalized spacial score (nSPS) is 33.6. The molecule has 4 heteroatoms. The summed E-state index contributed by atoms with van der Waals surface area (Å²) in [5, 5.41) is 9.32. The molecule has 0 bridgehead atoms. The van der Waals surface area contributed by atoms with E-state index >= 15 is 0 Å². The highest BCUT2D eigenvalue weighted by Crippen LogP contribution is 2.37. The van der Waals surface area contributed by atoms with Crippen molar-refractivity contribution in [1.29, 1.82) is 0 Å². The minimum Gasteiger partial charge on any atom is -0.480 e. The van der Waals surface area contributed by atoms with Gasteiger partial charge in [0, 0.05) is 25.7 Å². The van der Waals surface area contributed by atoms with Crippen molar-refractivity contribution in [2.24, 2.45) is 5.92 Å². The molecule has 1 aliphatic carbocycles. The van der Waals surface area contributed by atoms with Gasteiger partial charge in [-0.25, -0.2) is 0 Å². The molecule has 4 nitrogen and oxygen atoms in total. The van der Waals surface area contributed by atoms with Crippen LogP contribution in [0.5, 0.6) is 0 Å². The molecule has 2 aliphatic heterocycles. The van der Waals surface area contributed by atoms with Crippen LogP contribution in [0, 0.1) is 5.92 Å². The Morgan fingerprint density at radius 2 is 2.00 bits per heavy atom.